The highest BCUT2D eigenvalue weighted by molar-refractivity contribution is 9.11. The molecule has 1 aromatic heterocycles. The average molecular weight is 376 g/mol. The Hall–Kier alpha value is -0.920. The number of ether oxygens (including phenoxy) is 1. The van der Waals surface area contributed by atoms with E-state index in [2.05, 4.69) is 21.2 Å². The fourth-order valence-electron chi connectivity index (χ4n) is 2.26. The van der Waals surface area contributed by atoms with Crippen molar-refractivity contribution in [3.8, 4) is 0 Å². The molecule has 2 unspecified atom stereocenters. The summed E-state index contributed by atoms with van der Waals surface area (Å²) in [5.74, 6) is -1.05. The van der Waals surface area contributed by atoms with Crippen molar-refractivity contribution in [1.82, 2.24) is 5.32 Å². The summed E-state index contributed by atoms with van der Waals surface area (Å²) in [6.45, 7) is 2.00. The van der Waals surface area contributed by atoms with E-state index in [0.717, 1.165) is 16.6 Å². The first kappa shape index (κ1) is 16.5. The van der Waals surface area contributed by atoms with Crippen LogP contribution in [0.1, 0.15) is 24.6 Å². The summed E-state index contributed by atoms with van der Waals surface area (Å²) in [5.41, 5.74) is -1.03. The van der Waals surface area contributed by atoms with E-state index in [1.54, 1.807) is 18.3 Å². The van der Waals surface area contributed by atoms with Crippen LogP contribution < -0.4 is 5.32 Å². The lowest BCUT2D eigenvalue weighted by Gasteiger charge is -2.25. The third kappa shape index (κ3) is 4.05. The van der Waals surface area contributed by atoms with Crippen molar-refractivity contribution in [2.75, 3.05) is 13.2 Å². The van der Waals surface area contributed by atoms with Crippen molar-refractivity contribution in [3.63, 3.8) is 0 Å². The molecule has 0 bridgehead atoms. The Bertz CT molecular complexity index is 533. The monoisotopic (exact) mass is 375 g/mol. The van der Waals surface area contributed by atoms with Gasteiger partial charge in [-0.25, -0.2) is 0 Å². The van der Waals surface area contributed by atoms with Crippen LogP contribution >= 0.6 is 27.3 Å². The number of hydrogen-bond donors (Lipinski definition) is 2. The first-order chi connectivity index (χ1) is 9.91. The van der Waals surface area contributed by atoms with Crippen molar-refractivity contribution >= 4 is 39.1 Å². The van der Waals surface area contributed by atoms with Crippen LogP contribution in [-0.4, -0.2) is 36.2 Å². The molecule has 0 saturated carbocycles. The number of halogens is 1. The van der Waals surface area contributed by atoms with E-state index in [9.17, 15) is 14.7 Å². The number of aliphatic carboxylic acids is 1. The van der Waals surface area contributed by atoms with Gasteiger partial charge in [0.1, 0.15) is 5.41 Å². The van der Waals surface area contributed by atoms with E-state index in [4.69, 9.17) is 4.74 Å². The number of rotatable bonds is 6. The standard InChI is InChI=1S/C14H18BrNO4S/c1-14(13(18)19)8-20-7-10(14)16-12(17)4-2-3-9-5-6-11(15)21-9/h5-6,10H,2-4,7-8H2,1H3,(H,16,17)(H,18,19). The minimum absolute atomic E-state index is 0.117. The van der Waals surface area contributed by atoms with Gasteiger partial charge in [0.05, 0.1) is 23.0 Å². The Morgan fingerprint density at radius 3 is 2.95 bits per heavy atom. The van der Waals surface area contributed by atoms with Crippen molar-refractivity contribution in [2.45, 2.75) is 32.2 Å². The molecule has 0 aliphatic carbocycles. The molecule has 2 rings (SSSR count). The molecule has 0 spiro atoms. The lowest BCUT2D eigenvalue weighted by molar-refractivity contribution is -0.149. The largest absolute Gasteiger partial charge is 0.481 e. The zero-order valence-electron chi connectivity index (χ0n) is 11.7. The van der Waals surface area contributed by atoms with Crippen LogP contribution in [0, 0.1) is 5.41 Å². The summed E-state index contributed by atoms with van der Waals surface area (Å²) >= 11 is 5.07. The minimum Gasteiger partial charge on any atom is -0.481 e. The third-order valence-corrected chi connectivity index (χ3v) is 5.42. The molecular formula is C14H18BrNO4S. The van der Waals surface area contributed by atoms with Crippen LogP contribution in [0.25, 0.3) is 0 Å². The second-order valence-corrected chi connectivity index (χ2v) is 7.96. The molecule has 1 aromatic rings. The van der Waals surface area contributed by atoms with Gasteiger partial charge in [-0.1, -0.05) is 0 Å². The maximum absolute atomic E-state index is 11.9. The van der Waals surface area contributed by atoms with Gasteiger partial charge in [0.25, 0.3) is 0 Å². The number of hydrogen-bond acceptors (Lipinski definition) is 4. The van der Waals surface area contributed by atoms with Crippen LogP contribution in [0.4, 0.5) is 0 Å². The fourth-order valence-corrected chi connectivity index (χ4v) is 3.79. The predicted molar refractivity (Wildman–Crippen MR) is 83.4 cm³/mol. The van der Waals surface area contributed by atoms with Gasteiger partial charge in [-0.3, -0.25) is 9.59 Å². The summed E-state index contributed by atoms with van der Waals surface area (Å²) < 4.78 is 6.30. The normalized spacial score (nSPS) is 25.0. The first-order valence-corrected chi connectivity index (χ1v) is 8.37. The summed E-state index contributed by atoms with van der Waals surface area (Å²) in [6, 6.07) is 3.58. The Morgan fingerprint density at radius 2 is 2.33 bits per heavy atom. The second kappa shape index (κ2) is 6.89. The maximum Gasteiger partial charge on any atom is 0.313 e. The van der Waals surface area contributed by atoms with E-state index in [1.165, 1.54) is 4.88 Å². The predicted octanol–water partition coefficient (Wildman–Crippen LogP) is 2.44. The van der Waals surface area contributed by atoms with Crippen LogP contribution in [0.2, 0.25) is 0 Å². The summed E-state index contributed by atoms with van der Waals surface area (Å²) in [4.78, 5) is 24.5. The lowest BCUT2D eigenvalue weighted by atomic mass is 9.85. The highest BCUT2D eigenvalue weighted by Crippen LogP contribution is 2.29. The molecule has 1 aliphatic heterocycles. The molecule has 5 nitrogen and oxygen atoms in total. The molecule has 2 atom stereocenters. The van der Waals surface area contributed by atoms with E-state index >= 15 is 0 Å². The number of carboxylic acid groups (broad SMARTS) is 1. The van der Waals surface area contributed by atoms with Gasteiger partial charge in [-0.05, 0) is 47.8 Å². The van der Waals surface area contributed by atoms with E-state index in [1.807, 2.05) is 12.1 Å². The SMILES string of the molecule is CC1(C(=O)O)COCC1NC(=O)CCCc1ccc(Br)s1. The number of thiophene rings is 1. The second-order valence-electron chi connectivity index (χ2n) is 5.42. The van der Waals surface area contributed by atoms with Crippen LogP contribution in [0.3, 0.4) is 0 Å². The molecule has 1 aliphatic rings. The Labute approximate surface area is 135 Å². The molecular weight excluding hydrogens is 358 g/mol. The molecule has 2 N–H and O–H groups in total. The van der Waals surface area contributed by atoms with E-state index < -0.39 is 17.4 Å². The molecule has 116 valence electrons. The van der Waals surface area contributed by atoms with Gasteiger partial charge >= 0.3 is 5.97 Å². The van der Waals surface area contributed by atoms with Gasteiger partial charge in [0.2, 0.25) is 5.91 Å². The van der Waals surface area contributed by atoms with Crippen molar-refractivity contribution in [2.24, 2.45) is 5.41 Å². The van der Waals surface area contributed by atoms with Gasteiger partial charge in [-0.15, -0.1) is 11.3 Å². The Balaban J connectivity index is 1.78. The number of carbonyl (C=O) groups excluding carboxylic acids is 1. The smallest absolute Gasteiger partial charge is 0.313 e. The molecule has 0 radical (unpaired) electrons. The number of aryl methyl sites for hydroxylation is 1. The topological polar surface area (TPSA) is 75.6 Å². The number of nitrogens with one attached hydrogen (secondary N) is 1. The fraction of sp³-hybridized carbons (Fsp3) is 0.571. The Morgan fingerprint density at radius 1 is 1.57 bits per heavy atom. The quantitative estimate of drug-likeness (QED) is 0.800. The Kier molecular flexibility index (Phi) is 5.40. The van der Waals surface area contributed by atoms with E-state index in [-0.39, 0.29) is 19.1 Å². The van der Waals surface area contributed by atoms with Crippen molar-refractivity contribution in [1.29, 1.82) is 0 Å². The zero-order valence-corrected chi connectivity index (χ0v) is 14.1. The van der Waals surface area contributed by atoms with Crippen LogP contribution in [0.5, 0.6) is 0 Å². The molecule has 7 heteroatoms. The lowest BCUT2D eigenvalue weighted by Crippen LogP contribution is -2.49. The van der Waals surface area contributed by atoms with Gasteiger partial charge in [-0.2, -0.15) is 0 Å². The molecule has 1 fully saturated rings. The third-order valence-electron chi connectivity index (χ3n) is 3.74. The first-order valence-electron chi connectivity index (χ1n) is 6.76. The zero-order chi connectivity index (χ0) is 15.5. The molecule has 1 saturated heterocycles. The van der Waals surface area contributed by atoms with Gasteiger partial charge in [0.15, 0.2) is 0 Å². The van der Waals surface area contributed by atoms with Gasteiger partial charge in [0, 0.05) is 11.3 Å². The molecule has 0 aromatic carbocycles. The maximum atomic E-state index is 11.9. The molecule has 2 heterocycles. The van der Waals surface area contributed by atoms with Crippen LogP contribution in [0.15, 0.2) is 15.9 Å². The highest BCUT2D eigenvalue weighted by Gasteiger charge is 2.47. The highest BCUT2D eigenvalue weighted by atomic mass is 79.9. The summed E-state index contributed by atoms with van der Waals surface area (Å²) in [7, 11) is 0. The van der Waals surface area contributed by atoms with Crippen molar-refractivity contribution in [3.05, 3.63) is 20.8 Å². The average Bonchev–Trinajstić information content (AvgIpc) is 2.98. The van der Waals surface area contributed by atoms with Crippen molar-refractivity contribution < 1.29 is 19.4 Å². The minimum atomic E-state index is -1.03. The molecule has 1 amide bonds. The number of carbonyl (C=O) groups is 2. The summed E-state index contributed by atoms with van der Waals surface area (Å²) in [5, 5.41) is 12.0. The number of amides is 1. The summed E-state index contributed by atoms with van der Waals surface area (Å²) in [6.07, 6.45) is 1.99. The van der Waals surface area contributed by atoms with Gasteiger partial charge < -0.3 is 15.2 Å². The molecule has 21 heavy (non-hydrogen) atoms. The van der Waals surface area contributed by atoms with E-state index in [0.29, 0.717) is 6.42 Å². The number of carboxylic acids is 1. The van der Waals surface area contributed by atoms with Crippen LogP contribution in [-0.2, 0) is 20.7 Å².